The van der Waals surface area contributed by atoms with Crippen molar-refractivity contribution in [1.29, 1.82) is 0 Å². The van der Waals surface area contributed by atoms with E-state index in [1.165, 1.54) is 13.8 Å². The minimum Gasteiger partial charge on any atom is -0.432 e. The molecule has 17 N–H and O–H groups in total. The van der Waals surface area contributed by atoms with Crippen molar-refractivity contribution >= 4 is 5.97 Å². The van der Waals surface area contributed by atoms with E-state index in [0.717, 1.165) is 12.0 Å². The number of carbonyl (C=O) groups is 1. The van der Waals surface area contributed by atoms with E-state index < -0.39 is 220 Å². The lowest BCUT2D eigenvalue weighted by Crippen LogP contribution is -2.67. The maximum absolute atomic E-state index is 15.3. The Kier molecular flexibility index (Phi) is 21.4. The zero-order valence-electron chi connectivity index (χ0n) is 54.6. The van der Waals surface area contributed by atoms with Gasteiger partial charge in [-0.1, -0.05) is 53.2 Å². The van der Waals surface area contributed by atoms with E-state index in [9.17, 15) is 86.8 Å². The van der Waals surface area contributed by atoms with Crippen molar-refractivity contribution in [2.45, 2.75) is 298 Å². The van der Waals surface area contributed by atoms with E-state index in [1.54, 1.807) is 0 Å². The molecule has 540 valence electrons. The van der Waals surface area contributed by atoms with Crippen LogP contribution in [0.3, 0.4) is 0 Å². The Morgan fingerprint density at radius 1 is 0.511 bits per heavy atom. The molecule has 0 aromatic carbocycles. The fourth-order valence-electron chi connectivity index (χ4n) is 18.7. The van der Waals surface area contributed by atoms with Crippen LogP contribution >= 0.6 is 0 Å². The van der Waals surface area contributed by atoms with Crippen molar-refractivity contribution in [3.63, 3.8) is 0 Å². The molecule has 0 aromatic rings. The zero-order valence-corrected chi connectivity index (χ0v) is 54.6. The third-order valence-electron chi connectivity index (χ3n) is 24.9. The van der Waals surface area contributed by atoms with Gasteiger partial charge in [0.1, 0.15) is 122 Å². The first kappa shape index (κ1) is 73.3. The number of allylic oxidation sites excluding steroid dienone is 2. The van der Waals surface area contributed by atoms with Gasteiger partial charge in [-0.2, -0.15) is 0 Å². The number of rotatable bonds is 15. The first-order valence-electron chi connectivity index (χ1n) is 33.5. The highest BCUT2D eigenvalue weighted by atomic mass is 16.8. The van der Waals surface area contributed by atoms with Crippen LogP contribution in [0.2, 0.25) is 0 Å². The first-order valence-corrected chi connectivity index (χ1v) is 33.5. The van der Waals surface area contributed by atoms with Gasteiger partial charge in [0.2, 0.25) is 6.29 Å². The Balaban J connectivity index is 0.771. The second-order valence-corrected chi connectivity index (χ2v) is 30.8. The fraction of sp³-hybridized carbons (Fsp3) is 0.953. The van der Waals surface area contributed by atoms with Gasteiger partial charge in [0.25, 0.3) is 0 Å². The molecule has 5 aliphatic carbocycles. The maximum Gasteiger partial charge on any atom is 0.315 e. The van der Waals surface area contributed by atoms with Crippen LogP contribution in [0.5, 0.6) is 0 Å². The largest absolute Gasteiger partial charge is 0.432 e. The number of hydrogen-bond donors (Lipinski definition) is 17. The van der Waals surface area contributed by atoms with Crippen LogP contribution in [0, 0.1) is 50.2 Å². The number of carbonyl (C=O) groups excluding carboxylic acids is 1. The molecule has 6 aliphatic heterocycles. The summed E-state index contributed by atoms with van der Waals surface area (Å²) in [5, 5.41) is 185. The van der Waals surface area contributed by atoms with Gasteiger partial charge >= 0.3 is 5.97 Å². The molecule has 0 radical (unpaired) electrons. The van der Waals surface area contributed by atoms with Crippen molar-refractivity contribution in [2.24, 2.45) is 50.2 Å². The van der Waals surface area contributed by atoms with Crippen LogP contribution < -0.4 is 0 Å². The minimum atomic E-state index is -1.92. The Hall–Kier alpha value is -1.91. The second kappa shape index (κ2) is 27.5. The number of hydrogen-bond acceptors (Lipinski definition) is 30. The average molecular weight is 1350 g/mol. The van der Waals surface area contributed by atoms with Gasteiger partial charge in [-0.15, -0.1) is 0 Å². The summed E-state index contributed by atoms with van der Waals surface area (Å²) < 4.78 is 71.3. The Morgan fingerprint density at radius 2 is 1.09 bits per heavy atom. The van der Waals surface area contributed by atoms with E-state index in [0.29, 0.717) is 57.8 Å². The van der Waals surface area contributed by atoms with Gasteiger partial charge in [0, 0.05) is 5.41 Å². The predicted molar refractivity (Wildman–Crippen MR) is 315 cm³/mol. The average Bonchev–Trinajstić information content (AvgIpc) is 0.676. The molecule has 0 aromatic heterocycles. The second-order valence-electron chi connectivity index (χ2n) is 30.8. The molecule has 30 heteroatoms. The summed E-state index contributed by atoms with van der Waals surface area (Å²) in [6.07, 6.45) is -37.4. The Bertz CT molecular complexity index is 2640. The summed E-state index contributed by atoms with van der Waals surface area (Å²) in [6.45, 7) is 13.7. The van der Waals surface area contributed by atoms with E-state index in [2.05, 4.69) is 40.7 Å². The van der Waals surface area contributed by atoms with Crippen LogP contribution in [0.4, 0.5) is 0 Å². The summed E-state index contributed by atoms with van der Waals surface area (Å²) in [4.78, 5) is 15.3. The third-order valence-corrected chi connectivity index (χ3v) is 24.9. The molecule has 30 nitrogen and oxygen atoms in total. The van der Waals surface area contributed by atoms with Crippen molar-refractivity contribution < 1.29 is 148 Å². The first-order chi connectivity index (χ1) is 44.1. The standard InChI is InChI=1S/C64H104O30/c1-25-36(69)41(74)45(78)54(86-25)91-49-31(20-65)88-52(47(80)43(49)76)85-23-32-40(73)42(75)46(79)55(89-32)94-58(82)64-17-15-59(3,4)19-28(64)27-9-10-34-60(5)13-12-35(61(6,24-66)33(60)11-14-63(34,8)62(27,7)16-18-64)90-57-51(39(72)30(68)22-84-57)93-56-48(81)50(37(70)26(2)87-56)92-53-44(77)38(71)29(67)21-83-53/h9,25-26,28-57,65-81H,10-24H2,1-8H3/t25-,26-,28?,29+,30-,31+,32+,33+,34?,35?,36-,37-,38-,39-,40+,41+,42-,43+,44+,45+,46+,47+,48+,49+,50+,51+,52+,53-,54-,55-,56-,57-,60?,61-,62+,63?,64?/m0/s1. The minimum absolute atomic E-state index is 0.0747. The predicted octanol–water partition coefficient (Wildman–Crippen LogP) is -4.08. The molecule has 0 spiro atoms. The number of aliphatic hydroxyl groups excluding tert-OH is 17. The molecule has 37 atom stereocenters. The molecule has 6 saturated heterocycles. The third kappa shape index (κ3) is 12.5. The lowest BCUT2D eigenvalue weighted by molar-refractivity contribution is -0.379. The summed E-state index contributed by atoms with van der Waals surface area (Å²) >= 11 is 0. The van der Waals surface area contributed by atoms with Gasteiger partial charge < -0.3 is 144 Å². The molecular weight excluding hydrogens is 1250 g/mol. The van der Waals surface area contributed by atoms with Gasteiger partial charge in [0.15, 0.2) is 31.5 Å². The van der Waals surface area contributed by atoms with Crippen LogP contribution in [0.1, 0.15) is 120 Å². The highest BCUT2D eigenvalue weighted by Gasteiger charge is 2.71. The summed E-state index contributed by atoms with van der Waals surface area (Å²) in [5.74, 6) is -1.01. The van der Waals surface area contributed by atoms with E-state index >= 15 is 4.79 Å². The van der Waals surface area contributed by atoms with Crippen LogP contribution in [-0.4, -0.2) is 304 Å². The number of esters is 1. The molecule has 11 aliphatic rings. The lowest BCUT2D eigenvalue weighted by Gasteiger charge is -2.71. The smallest absolute Gasteiger partial charge is 0.315 e. The summed E-state index contributed by atoms with van der Waals surface area (Å²) in [7, 11) is 0. The fourth-order valence-corrected chi connectivity index (χ4v) is 18.7. The van der Waals surface area contributed by atoms with Crippen LogP contribution in [-0.2, 0) is 61.6 Å². The molecule has 11 rings (SSSR count). The number of ether oxygens (including phenoxy) is 12. The molecule has 0 bridgehead atoms. The van der Waals surface area contributed by atoms with Gasteiger partial charge in [-0.25, -0.2) is 0 Å². The van der Waals surface area contributed by atoms with E-state index in [1.807, 2.05) is 6.92 Å². The molecule has 6 heterocycles. The van der Waals surface area contributed by atoms with E-state index in [-0.39, 0.29) is 47.2 Å². The zero-order chi connectivity index (χ0) is 68.4. The normalized spacial score (nSPS) is 55.3. The summed E-state index contributed by atoms with van der Waals surface area (Å²) in [6, 6.07) is 0. The number of fused-ring (bicyclic) bond motifs is 7. The molecular formula is C64H104O30. The molecule has 94 heavy (non-hydrogen) atoms. The van der Waals surface area contributed by atoms with Gasteiger partial charge in [0.05, 0.1) is 56.8 Å². The van der Waals surface area contributed by atoms with Gasteiger partial charge in [-0.3, -0.25) is 4.79 Å². The van der Waals surface area contributed by atoms with Crippen LogP contribution in [0.25, 0.3) is 0 Å². The van der Waals surface area contributed by atoms with E-state index in [4.69, 9.17) is 56.8 Å². The molecule has 4 saturated carbocycles. The lowest BCUT2D eigenvalue weighted by atomic mass is 9.33. The molecule has 6 unspecified atom stereocenters. The number of aliphatic hydroxyl groups is 17. The van der Waals surface area contributed by atoms with Gasteiger partial charge in [-0.05, 0) is 117 Å². The monoisotopic (exact) mass is 1350 g/mol. The Morgan fingerprint density at radius 3 is 1.77 bits per heavy atom. The molecule has 0 amide bonds. The van der Waals surface area contributed by atoms with Crippen molar-refractivity contribution in [1.82, 2.24) is 0 Å². The summed E-state index contributed by atoms with van der Waals surface area (Å²) in [5.41, 5.74) is -2.22. The van der Waals surface area contributed by atoms with Crippen molar-refractivity contribution in [3.8, 4) is 0 Å². The molecule has 10 fully saturated rings. The quantitative estimate of drug-likeness (QED) is 0.0421. The SMILES string of the molecule is C[C@@H]1O[C@@H](O[C@H]2[C@H](O)[C@@H](O)[C@H](OC[C@H]3O[C@@H](OC(=O)C45CCC(C)(C)CC4C4=CCC6C7(C)CCC(O[C@@H]8OC[C@H](O)[C@H](O)[C@H]8O[C@@H]8O[C@@H](C)[C@H](O)[C@@H](O[C@@H]9OC[C@@H](O)[C@H](O)[C@H]9O)[C@H]8O)[C@@](C)(CO)[C@@H]7CCC6(C)[C@]4(C)CC5)[C@H](O)[C@@H](O)[C@@H]3O)O[C@@H]2CO)[C@H](O)[C@H](O)[C@H]1O. The highest BCUT2D eigenvalue weighted by Crippen LogP contribution is 2.76. The Labute approximate surface area is 545 Å². The topological polar surface area (TPSA) is 472 Å². The van der Waals surface area contributed by atoms with Crippen molar-refractivity contribution in [3.05, 3.63) is 11.6 Å². The highest BCUT2D eigenvalue weighted by molar-refractivity contribution is 5.79. The van der Waals surface area contributed by atoms with Crippen LogP contribution in [0.15, 0.2) is 11.6 Å². The maximum atomic E-state index is 15.3. The van der Waals surface area contributed by atoms with Crippen molar-refractivity contribution in [2.75, 3.05) is 33.0 Å².